The minimum Gasteiger partial charge on any atom is -0.383 e. The van der Waals surface area contributed by atoms with Crippen molar-refractivity contribution in [1.82, 2.24) is 19.9 Å². The second-order valence-corrected chi connectivity index (χ2v) is 5.44. The second-order valence-electron chi connectivity index (χ2n) is 4.39. The van der Waals surface area contributed by atoms with Crippen molar-refractivity contribution < 1.29 is 4.79 Å². The highest BCUT2D eigenvalue weighted by Gasteiger charge is 2.16. The van der Waals surface area contributed by atoms with Crippen molar-refractivity contribution in [3.05, 3.63) is 35.8 Å². The van der Waals surface area contributed by atoms with Crippen LogP contribution in [0.3, 0.4) is 0 Å². The first-order valence-electron chi connectivity index (χ1n) is 6.44. The maximum atomic E-state index is 11.2. The quantitative estimate of drug-likeness (QED) is 0.567. The topological polar surface area (TPSA) is 97.6 Å². The highest BCUT2D eigenvalue weighted by atomic mass is 32.2. The standard InChI is InChI=1S/C14H13N5OS/c1-2-10-9(7-20)11-12(15)18-14(19-13(11)17-10)21-8-4-3-5-16-6-8/h3-7H,2H2,1H3,(H3,15,17,18,19). The Bertz CT molecular complexity index is 800. The van der Waals surface area contributed by atoms with Crippen molar-refractivity contribution in [2.45, 2.75) is 23.4 Å². The summed E-state index contributed by atoms with van der Waals surface area (Å²) in [6.45, 7) is 1.96. The van der Waals surface area contributed by atoms with Crippen LogP contribution in [-0.2, 0) is 6.42 Å². The molecule has 3 aromatic rings. The molecule has 0 bridgehead atoms. The molecule has 106 valence electrons. The molecular formula is C14H13N5OS. The average Bonchev–Trinajstić information content (AvgIpc) is 2.86. The Balaban J connectivity index is 2.09. The van der Waals surface area contributed by atoms with E-state index in [0.29, 0.717) is 34.0 Å². The van der Waals surface area contributed by atoms with Gasteiger partial charge in [0.15, 0.2) is 11.4 Å². The summed E-state index contributed by atoms with van der Waals surface area (Å²) >= 11 is 1.37. The second kappa shape index (κ2) is 5.53. The Morgan fingerprint density at radius 3 is 2.95 bits per heavy atom. The molecule has 3 aromatic heterocycles. The van der Waals surface area contributed by atoms with Gasteiger partial charge in [0.25, 0.3) is 0 Å². The van der Waals surface area contributed by atoms with E-state index in [4.69, 9.17) is 5.73 Å². The van der Waals surface area contributed by atoms with E-state index in [1.54, 1.807) is 12.4 Å². The Morgan fingerprint density at radius 2 is 2.29 bits per heavy atom. The van der Waals surface area contributed by atoms with E-state index in [2.05, 4.69) is 19.9 Å². The van der Waals surface area contributed by atoms with Gasteiger partial charge in [-0.15, -0.1) is 0 Å². The molecule has 0 radical (unpaired) electrons. The van der Waals surface area contributed by atoms with E-state index in [-0.39, 0.29) is 0 Å². The van der Waals surface area contributed by atoms with E-state index in [9.17, 15) is 4.79 Å². The van der Waals surface area contributed by atoms with E-state index in [0.717, 1.165) is 16.9 Å². The van der Waals surface area contributed by atoms with E-state index < -0.39 is 0 Å². The number of aromatic amines is 1. The summed E-state index contributed by atoms with van der Waals surface area (Å²) in [5.74, 6) is 0.310. The minimum absolute atomic E-state index is 0.310. The van der Waals surface area contributed by atoms with Crippen LogP contribution in [0.5, 0.6) is 0 Å². The number of rotatable bonds is 4. The average molecular weight is 299 g/mol. The fourth-order valence-electron chi connectivity index (χ4n) is 2.14. The zero-order chi connectivity index (χ0) is 14.8. The number of nitrogens with one attached hydrogen (secondary N) is 1. The summed E-state index contributed by atoms with van der Waals surface area (Å²) in [6.07, 6.45) is 4.94. The third-order valence-electron chi connectivity index (χ3n) is 3.10. The summed E-state index contributed by atoms with van der Waals surface area (Å²) < 4.78 is 0. The smallest absolute Gasteiger partial charge is 0.196 e. The lowest BCUT2D eigenvalue weighted by Gasteiger charge is -2.02. The molecule has 0 aliphatic rings. The molecule has 3 rings (SSSR count). The number of hydrogen-bond donors (Lipinski definition) is 2. The first-order valence-corrected chi connectivity index (χ1v) is 7.25. The number of nitrogens with zero attached hydrogens (tertiary/aromatic N) is 3. The molecule has 0 amide bonds. The predicted octanol–water partition coefficient (Wildman–Crippen LogP) is 2.46. The van der Waals surface area contributed by atoms with Gasteiger partial charge >= 0.3 is 0 Å². The molecule has 3 heterocycles. The Hall–Kier alpha value is -2.41. The molecule has 0 unspecified atom stereocenters. The lowest BCUT2D eigenvalue weighted by atomic mass is 10.1. The third kappa shape index (κ3) is 2.47. The number of nitrogen functional groups attached to an aromatic ring is 1. The molecule has 21 heavy (non-hydrogen) atoms. The summed E-state index contributed by atoms with van der Waals surface area (Å²) in [5.41, 5.74) is 7.95. The molecule has 3 N–H and O–H groups in total. The van der Waals surface area contributed by atoms with Crippen molar-refractivity contribution in [2.24, 2.45) is 0 Å². The predicted molar refractivity (Wildman–Crippen MR) is 81.4 cm³/mol. The fourth-order valence-corrected chi connectivity index (χ4v) is 2.89. The number of carbonyl (C=O) groups excluding carboxylic acids is 1. The van der Waals surface area contributed by atoms with Crippen LogP contribution in [0.15, 0.2) is 34.6 Å². The number of aldehydes is 1. The first-order chi connectivity index (χ1) is 10.2. The van der Waals surface area contributed by atoms with Crippen LogP contribution in [-0.4, -0.2) is 26.2 Å². The molecule has 0 spiro atoms. The number of carbonyl (C=O) groups is 1. The minimum atomic E-state index is 0.310. The molecule has 0 saturated carbocycles. The number of H-pyrrole nitrogens is 1. The molecular weight excluding hydrogens is 286 g/mol. The molecule has 0 aromatic carbocycles. The molecule has 6 nitrogen and oxygen atoms in total. The van der Waals surface area contributed by atoms with Gasteiger partial charge in [0.05, 0.1) is 5.39 Å². The van der Waals surface area contributed by atoms with Gasteiger partial charge in [0, 0.05) is 28.5 Å². The van der Waals surface area contributed by atoms with Gasteiger partial charge in [-0.25, -0.2) is 9.97 Å². The van der Waals surface area contributed by atoms with Crippen LogP contribution in [0, 0.1) is 0 Å². The monoisotopic (exact) mass is 299 g/mol. The molecule has 0 aliphatic heterocycles. The highest BCUT2D eigenvalue weighted by Crippen LogP contribution is 2.30. The van der Waals surface area contributed by atoms with Crippen LogP contribution in [0.4, 0.5) is 5.82 Å². The van der Waals surface area contributed by atoms with Gasteiger partial charge in [0.2, 0.25) is 0 Å². The summed E-state index contributed by atoms with van der Waals surface area (Å²) in [7, 11) is 0. The van der Waals surface area contributed by atoms with Gasteiger partial charge in [-0.3, -0.25) is 9.78 Å². The third-order valence-corrected chi connectivity index (χ3v) is 3.94. The van der Waals surface area contributed by atoms with Crippen molar-refractivity contribution in [2.75, 3.05) is 5.73 Å². The van der Waals surface area contributed by atoms with E-state index in [1.165, 1.54) is 11.8 Å². The summed E-state index contributed by atoms with van der Waals surface area (Å²) in [6, 6.07) is 3.77. The van der Waals surface area contributed by atoms with Crippen LogP contribution in [0.1, 0.15) is 23.0 Å². The largest absolute Gasteiger partial charge is 0.383 e. The molecule has 0 atom stereocenters. The zero-order valence-electron chi connectivity index (χ0n) is 11.3. The number of hydrogen-bond acceptors (Lipinski definition) is 6. The molecule has 0 saturated heterocycles. The number of aryl methyl sites for hydroxylation is 1. The number of anilines is 1. The van der Waals surface area contributed by atoms with Gasteiger partial charge < -0.3 is 10.7 Å². The first kappa shape index (κ1) is 13.6. The van der Waals surface area contributed by atoms with Crippen LogP contribution in [0.2, 0.25) is 0 Å². The van der Waals surface area contributed by atoms with Gasteiger partial charge in [-0.2, -0.15) is 0 Å². The number of nitrogens with two attached hydrogens (primary N) is 1. The SMILES string of the molecule is CCc1[nH]c2nc(Sc3cccnc3)nc(N)c2c1C=O. The number of aromatic nitrogens is 4. The lowest BCUT2D eigenvalue weighted by molar-refractivity contribution is 0.112. The number of fused-ring (bicyclic) bond motifs is 1. The van der Waals surface area contributed by atoms with E-state index >= 15 is 0 Å². The summed E-state index contributed by atoms with van der Waals surface area (Å²) in [4.78, 5) is 28.1. The van der Waals surface area contributed by atoms with E-state index in [1.807, 2.05) is 19.1 Å². The Kier molecular flexibility index (Phi) is 3.57. The van der Waals surface area contributed by atoms with Gasteiger partial charge in [-0.1, -0.05) is 6.92 Å². The molecule has 0 fully saturated rings. The maximum absolute atomic E-state index is 11.2. The Morgan fingerprint density at radius 1 is 1.43 bits per heavy atom. The van der Waals surface area contributed by atoms with Crippen LogP contribution >= 0.6 is 11.8 Å². The normalized spacial score (nSPS) is 10.9. The van der Waals surface area contributed by atoms with Crippen LogP contribution < -0.4 is 5.73 Å². The highest BCUT2D eigenvalue weighted by molar-refractivity contribution is 7.99. The zero-order valence-corrected chi connectivity index (χ0v) is 12.1. The number of pyridine rings is 1. The van der Waals surface area contributed by atoms with Gasteiger partial charge in [-0.05, 0) is 30.3 Å². The van der Waals surface area contributed by atoms with Crippen molar-refractivity contribution in [1.29, 1.82) is 0 Å². The Labute approximate surface area is 125 Å². The fraction of sp³-hybridized carbons (Fsp3) is 0.143. The lowest BCUT2D eigenvalue weighted by Crippen LogP contribution is -1.97. The van der Waals surface area contributed by atoms with Crippen molar-refractivity contribution in [3.8, 4) is 0 Å². The molecule has 7 heteroatoms. The van der Waals surface area contributed by atoms with Crippen LogP contribution in [0.25, 0.3) is 11.0 Å². The van der Waals surface area contributed by atoms with Gasteiger partial charge in [0.1, 0.15) is 11.5 Å². The van der Waals surface area contributed by atoms with Crippen molar-refractivity contribution in [3.63, 3.8) is 0 Å². The maximum Gasteiger partial charge on any atom is 0.196 e. The summed E-state index contributed by atoms with van der Waals surface area (Å²) in [5, 5.41) is 1.12. The van der Waals surface area contributed by atoms with Crippen molar-refractivity contribution >= 4 is 34.9 Å². The molecule has 0 aliphatic carbocycles.